The van der Waals surface area contributed by atoms with E-state index in [2.05, 4.69) is 42.9 Å². The summed E-state index contributed by atoms with van der Waals surface area (Å²) in [5, 5.41) is 0. The summed E-state index contributed by atoms with van der Waals surface area (Å²) in [6.07, 6.45) is 31.4. The fourth-order valence-corrected chi connectivity index (χ4v) is 4.11. The average molecular weight is 389 g/mol. The summed E-state index contributed by atoms with van der Waals surface area (Å²) in [5.41, 5.74) is 1.53. The minimum Gasteiger partial charge on any atom is -0.205 e. The van der Waals surface area contributed by atoms with E-state index in [0.717, 1.165) is 0 Å². The number of unbranched alkanes of at least 4 members (excludes halogenated alkanes) is 16. The van der Waals surface area contributed by atoms with Crippen molar-refractivity contribution in [3.63, 3.8) is 0 Å². The largest absolute Gasteiger partial charge is 0.205 e. The van der Waals surface area contributed by atoms with Crippen LogP contribution >= 0.6 is 0 Å². The van der Waals surface area contributed by atoms with Gasteiger partial charge in [-0.25, -0.2) is 4.57 Å². The minimum absolute atomic E-state index is 1.19. The molecule has 0 bridgehead atoms. The molecule has 162 valence electrons. The number of pyridine rings is 1. The topological polar surface area (TPSA) is 3.88 Å². The van der Waals surface area contributed by atoms with Crippen molar-refractivity contribution in [1.29, 1.82) is 0 Å². The monoisotopic (exact) mass is 388 g/mol. The zero-order valence-electron chi connectivity index (χ0n) is 19.4. The van der Waals surface area contributed by atoms with Gasteiger partial charge in [0.05, 0.1) is 0 Å². The maximum Gasteiger partial charge on any atom is 0.171 e. The summed E-state index contributed by atoms with van der Waals surface area (Å²) in [6, 6.07) is 4.56. The first-order valence-corrected chi connectivity index (χ1v) is 12.8. The summed E-state index contributed by atoms with van der Waals surface area (Å²) in [7, 11) is 0. The molecule has 1 aromatic heterocycles. The normalized spacial score (nSPS) is 11.2. The second-order valence-corrected chi connectivity index (χ2v) is 8.86. The Morgan fingerprint density at radius 3 is 1.57 bits per heavy atom. The summed E-state index contributed by atoms with van der Waals surface area (Å²) >= 11 is 0. The van der Waals surface area contributed by atoms with E-state index in [4.69, 9.17) is 0 Å². The lowest BCUT2D eigenvalue weighted by Gasteiger charge is -2.04. The van der Waals surface area contributed by atoms with Gasteiger partial charge in [0.1, 0.15) is 6.54 Å². The lowest BCUT2D eigenvalue weighted by Crippen LogP contribution is -2.33. The maximum atomic E-state index is 2.41. The van der Waals surface area contributed by atoms with E-state index in [0.29, 0.717) is 0 Å². The first-order chi connectivity index (χ1) is 13.9. The molecule has 0 aliphatic heterocycles. The number of aromatic nitrogens is 1. The highest BCUT2D eigenvalue weighted by molar-refractivity contribution is 5.05. The third-order valence-corrected chi connectivity index (χ3v) is 6.01. The third-order valence-electron chi connectivity index (χ3n) is 6.01. The molecular weight excluding hydrogens is 338 g/mol. The second kappa shape index (κ2) is 19.5. The highest BCUT2D eigenvalue weighted by Crippen LogP contribution is 2.13. The molecule has 0 aromatic carbocycles. The summed E-state index contributed by atoms with van der Waals surface area (Å²) in [5.74, 6) is 0. The van der Waals surface area contributed by atoms with Crippen molar-refractivity contribution in [2.45, 2.75) is 142 Å². The smallest absolute Gasteiger partial charge is 0.171 e. The van der Waals surface area contributed by atoms with Crippen molar-refractivity contribution in [2.24, 2.45) is 0 Å². The predicted molar refractivity (Wildman–Crippen MR) is 125 cm³/mol. The molecule has 0 amide bonds. The molecule has 28 heavy (non-hydrogen) atoms. The molecule has 0 aliphatic rings. The van der Waals surface area contributed by atoms with Crippen LogP contribution < -0.4 is 4.57 Å². The highest BCUT2D eigenvalue weighted by Gasteiger charge is 2.03. The Labute approximate surface area is 177 Å². The van der Waals surface area contributed by atoms with Gasteiger partial charge in [-0.15, -0.1) is 0 Å². The van der Waals surface area contributed by atoms with E-state index in [9.17, 15) is 0 Å². The standard InChI is InChI=1S/C27H50N/c1-3-5-7-9-11-12-13-14-15-16-17-19-22-27-23-21-25-28(26-27)24-20-18-10-8-6-4-2/h21,23,25-26H,3-20,22,24H2,1-2H3/q+1. The van der Waals surface area contributed by atoms with Crippen molar-refractivity contribution in [1.82, 2.24) is 0 Å². The number of hydrogen-bond acceptors (Lipinski definition) is 0. The number of aryl methyl sites for hydroxylation is 2. The van der Waals surface area contributed by atoms with Crippen LogP contribution in [0.5, 0.6) is 0 Å². The first kappa shape index (κ1) is 25.2. The number of rotatable bonds is 20. The Bertz CT molecular complexity index is 440. The fourth-order valence-electron chi connectivity index (χ4n) is 4.11. The van der Waals surface area contributed by atoms with Crippen molar-refractivity contribution in [3.8, 4) is 0 Å². The molecule has 1 aromatic rings. The second-order valence-electron chi connectivity index (χ2n) is 8.86. The van der Waals surface area contributed by atoms with Crippen LogP contribution in [0.3, 0.4) is 0 Å². The molecule has 0 spiro atoms. The van der Waals surface area contributed by atoms with Gasteiger partial charge in [0.15, 0.2) is 12.4 Å². The van der Waals surface area contributed by atoms with Crippen molar-refractivity contribution in [3.05, 3.63) is 30.1 Å². The van der Waals surface area contributed by atoms with E-state index in [-0.39, 0.29) is 0 Å². The zero-order valence-corrected chi connectivity index (χ0v) is 19.4. The quantitative estimate of drug-likeness (QED) is 0.155. The van der Waals surface area contributed by atoms with Crippen LogP contribution in [0.15, 0.2) is 24.5 Å². The molecule has 0 saturated heterocycles. The Balaban J connectivity index is 1.96. The molecule has 0 fully saturated rings. The third kappa shape index (κ3) is 15.1. The van der Waals surface area contributed by atoms with Crippen LogP contribution in [0.2, 0.25) is 0 Å². The van der Waals surface area contributed by atoms with E-state index < -0.39 is 0 Å². The van der Waals surface area contributed by atoms with Crippen LogP contribution in [0, 0.1) is 0 Å². The van der Waals surface area contributed by atoms with Crippen LogP contribution in [-0.4, -0.2) is 0 Å². The summed E-state index contributed by atoms with van der Waals surface area (Å²) in [6.45, 7) is 5.78. The Morgan fingerprint density at radius 2 is 1.04 bits per heavy atom. The summed E-state index contributed by atoms with van der Waals surface area (Å²) < 4.78 is 2.41. The Morgan fingerprint density at radius 1 is 0.571 bits per heavy atom. The zero-order chi connectivity index (χ0) is 20.1. The van der Waals surface area contributed by atoms with E-state index in [1.54, 1.807) is 0 Å². The fraction of sp³-hybridized carbons (Fsp3) is 0.815. The van der Waals surface area contributed by atoms with Crippen LogP contribution in [-0.2, 0) is 13.0 Å². The molecule has 0 N–H and O–H groups in total. The van der Waals surface area contributed by atoms with Gasteiger partial charge in [-0.1, -0.05) is 110 Å². The van der Waals surface area contributed by atoms with Gasteiger partial charge in [0, 0.05) is 18.1 Å². The number of hydrogen-bond donors (Lipinski definition) is 0. The SMILES string of the molecule is CCCCCCCCCCCCCCc1ccc[n+](CCCCCCCC)c1. The van der Waals surface area contributed by atoms with Gasteiger partial charge >= 0.3 is 0 Å². The first-order valence-electron chi connectivity index (χ1n) is 12.8. The van der Waals surface area contributed by atoms with E-state index in [1.165, 1.54) is 134 Å². The molecular formula is C27H50N+. The predicted octanol–water partition coefficient (Wildman–Crippen LogP) is 8.58. The van der Waals surface area contributed by atoms with Gasteiger partial charge in [-0.2, -0.15) is 0 Å². The molecule has 1 heterocycles. The lowest BCUT2D eigenvalue weighted by molar-refractivity contribution is -0.697. The molecule has 0 saturated carbocycles. The van der Waals surface area contributed by atoms with E-state index >= 15 is 0 Å². The molecule has 1 rings (SSSR count). The maximum absolute atomic E-state index is 2.41. The average Bonchev–Trinajstić information content (AvgIpc) is 2.72. The molecule has 1 nitrogen and oxygen atoms in total. The van der Waals surface area contributed by atoms with Gasteiger partial charge in [0.25, 0.3) is 0 Å². The van der Waals surface area contributed by atoms with Gasteiger partial charge < -0.3 is 0 Å². The number of nitrogens with zero attached hydrogens (tertiary/aromatic N) is 1. The molecule has 0 radical (unpaired) electrons. The molecule has 0 unspecified atom stereocenters. The van der Waals surface area contributed by atoms with Crippen LogP contribution in [0.4, 0.5) is 0 Å². The Kier molecular flexibility index (Phi) is 17.5. The van der Waals surface area contributed by atoms with Crippen molar-refractivity contribution < 1.29 is 4.57 Å². The molecule has 1 heteroatoms. The molecule has 0 atom stereocenters. The van der Waals surface area contributed by atoms with Gasteiger partial charge in [-0.3, -0.25) is 0 Å². The van der Waals surface area contributed by atoms with Crippen LogP contribution in [0.1, 0.15) is 135 Å². The van der Waals surface area contributed by atoms with Crippen LogP contribution in [0.25, 0.3) is 0 Å². The molecule has 0 aliphatic carbocycles. The van der Waals surface area contributed by atoms with Crippen molar-refractivity contribution in [2.75, 3.05) is 0 Å². The Hall–Kier alpha value is -0.850. The van der Waals surface area contributed by atoms with Gasteiger partial charge in [-0.05, 0) is 25.3 Å². The van der Waals surface area contributed by atoms with Crippen molar-refractivity contribution >= 4 is 0 Å². The summed E-state index contributed by atoms with van der Waals surface area (Å²) in [4.78, 5) is 0. The highest BCUT2D eigenvalue weighted by atomic mass is 14.9. The lowest BCUT2D eigenvalue weighted by atomic mass is 10.0. The minimum atomic E-state index is 1.19. The van der Waals surface area contributed by atoms with Gasteiger partial charge in [0.2, 0.25) is 0 Å². The van der Waals surface area contributed by atoms with E-state index in [1.807, 2.05) is 0 Å².